The second kappa shape index (κ2) is 9.15. The summed E-state index contributed by atoms with van der Waals surface area (Å²) in [6, 6.07) is 0.174. The number of rotatable bonds is 7. The molecule has 7 heteroatoms. The standard InChI is InChI=1S/C14H27N3O3S/c1-11(2)16(3)6-4-5-15-14(20)17-7-8-21-10-12(17)9-13(18)19/h11-12H,4-10H2,1-3H3,(H,15,20)(H,18,19). The number of thioether (sulfide) groups is 1. The minimum atomic E-state index is -0.848. The van der Waals surface area contributed by atoms with Crippen LogP contribution in [0.15, 0.2) is 0 Å². The first-order chi connectivity index (χ1) is 9.91. The third-order valence-electron chi connectivity index (χ3n) is 3.74. The minimum Gasteiger partial charge on any atom is -0.481 e. The van der Waals surface area contributed by atoms with E-state index in [9.17, 15) is 9.59 Å². The maximum absolute atomic E-state index is 12.2. The number of carbonyl (C=O) groups excluding carboxylic acids is 1. The monoisotopic (exact) mass is 317 g/mol. The van der Waals surface area contributed by atoms with Crippen LogP contribution in [0.2, 0.25) is 0 Å². The van der Waals surface area contributed by atoms with Crippen LogP contribution in [0.4, 0.5) is 4.79 Å². The van der Waals surface area contributed by atoms with Crippen molar-refractivity contribution in [2.45, 2.75) is 38.8 Å². The topological polar surface area (TPSA) is 72.9 Å². The summed E-state index contributed by atoms with van der Waals surface area (Å²) >= 11 is 1.71. The van der Waals surface area contributed by atoms with Crippen LogP contribution in [0, 0.1) is 0 Å². The maximum Gasteiger partial charge on any atom is 0.317 e. The van der Waals surface area contributed by atoms with Gasteiger partial charge in [-0.25, -0.2) is 4.79 Å². The fraction of sp³-hybridized carbons (Fsp3) is 0.857. The van der Waals surface area contributed by atoms with Crippen molar-refractivity contribution in [3.8, 4) is 0 Å². The molecule has 21 heavy (non-hydrogen) atoms. The average molecular weight is 317 g/mol. The summed E-state index contributed by atoms with van der Waals surface area (Å²) in [5.74, 6) is 0.731. The maximum atomic E-state index is 12.2. The molecule has 6 nitrogen and oxygen atoms in total. The lowest BCUT2D eigenvalue weighted by Gasteiger charge is -2.34. The van der Waals surface area contributed by atoms with Crippen LogP contribution in [0.3, 0.4) is 0 Å². The molecule has 2 amide bonds. The third-order valence-corrected chi connectivity index (χ3v) is 4.84. The van der Waals surface area contributed by atoms with Gasteiger partial charge in [0.05, 0.1) is 12.5 Å². The molecule has 1 unspecified atom stereocenters. The van der Waals surface area contributed by atoms with Crippen molar-refractivity contribution in [2.24, 2.45) is 0 Å². The van der Waals surface area contributed by atoms with E-state index in [1.165, 1.54) is 0 Å². The SMILES string of the molecule is CC(C)N(C)CCCNC(=O)N1CCSCC1CC(=O)O. The van der Waals surface area contributed by atoms with Crippen molar-refractivity contribution in [1.29, 1.82) is 0 Å². The van der Waals surface area contributed by atoms with E-state index in [1.807, 2.05) is 0 Å². The van der Waals surface area contributed by atoms with E-state index in [0.29, 0.717) is 24.9 Å². The van der Waals surface area contributed by atoms with Gasteiger partial charge in [0.2, 0.25) is 0 Å². The number of nitrogens with one attached hydrogen (secondary N) is 1. The van der Waals surface area contributed by atoms with Gasteiger partial charge in [-0.1, -0.05) is 0 Å². The summed E-state index contributed by atoms with van der Waals surface area (Å²) in [5.41, 5.74) is 0. The number of urea groups is 1. The summed E-state index contributed by atoms with van der Waals surface area (Å²) in [6.07, 6.45) is 0.920. The van der Waals surface area contributed by atoms with Gasteiger partial charge in [0.15, 0.2) is 0 Å². The van der Waals surface area contributed by atoms with Crippen molar-refractivity contribution < 1.29 is 14.7 Å². The van der Waals surface area contributed by atoms with Gasteiger partial charge in [-0.05, 0) is 33.9 Å². The lowest BCUT2D eigenvalue weighted by Crippen LogP contribution is -2.51. The zero-order valence-electron chi connectivity index (χ0n) is 13.2. The number of hydrogen-bond acceptors (Lipinski definition) is 4. The lowest BCUT2D eigenvalue weighted by molar-refractivity contribution is -0.137. The van der Waals surface area contributed by atoms with Crippen molar-refractivity contribution in [3.05, 3.63) is 0 Å². The molecule has 1 aliphatic rings. The molecular weight excluding hydrogens is 290 g/mol. The fourth-order valence-corrected chi connectivity index (χ4v) is 3.24. The van der Waals surface area contributed by atoms with E-state index in [4.69, 9.17) is 5.11 Å². The average Bonchev–Trinajstić information content (AvgIpc) is 2.42. The highest BCUT2D eigenvalue weighted by Gasteiger charge is 2.28. The predicted molar refractivity (Wildman–Crippen MR) is 85.9 cm³/mol. The lowest BCUT2D eigenvalue weighted by atomic mass is 10.2. The normalized spacial score (nSPS) is 19.1. The van der Waals surface area contributed by atoms with Gasteiger partial charge in [0, 0.05) is 30.6 Å². The van der Waals surface area contributed by atoms with E-state index in [0.717, 1.165) is 18.7 Å². The van der Waals surface area contributed by atoms with Gasteiger partial charge in [-0.2, -0.15) is 11.8 Å². The smallest absolute Gasteiger partial charge is 0.317 e. The molecule has 1 fully saturated rings. The molecule has 0 aliphatic carbocycles. The van der Waals surface area contributed by atoms with Crippen molar-refractivity contribution in [1.82, 2.24) is 15.1 Å². The van der Waals surface area contributed by atoms with Crippen LogP contribution in [-0.4, -0.2) is 77.2 Å². The highest BCUT2D eigenvalue weighted by Crippen LogP contribution is 2.19. The Morgan fingerprint density at radius 1 is 1.48 bits per heavy atom. The van der Waals surface area contributed by atoms with Gasteiger partial charge in [0.1, 0.15) is 0 Å². The van der Waals surface area contributed by atoms with Crippen molar-refractivity contribution >= 4 is 23.8 Å². The second-order valence-corrected chi connectivity index (χ2v) is 6.83. The van der Waals surface area contributed by atoms with Crippen LogP contribution >= 0.6 is 11.8 Å². The fourth-order valence-electron chi connectivity index (χ4n) is 2.18. The molecule has 1 heterocycles. The Morgan fingerprint density at radius 3 is 2.81 bits per heavy atom. The Morgan fingerprint density at radius 2 is 2.19 bits per heavy atom. The molecule has 0 saturated carbocycles. The molecule has 0 aromatic rings. The van der Waals surface area contributed by atoms with Crippen LogP contribution in [-0.2, 0) is 4.79 Å². The van der Waals surface area contributed by atoms with Crippen LogP contribution in [0.5, 0.6) is 0 Å². The highest BCUT2D eigenvalue weighted by atomic mass is 32.2. The summed E-state index contributed by atoms with van der Waals surface area (Å²) < 4.78 is 0. The van der Waals surface area contributed by atoms with Gasteiger partial charge < -0.3 is 20.2 Å². The largest absolute Gasteiger partial charge is 0.481 e. The molecule has 0 aromatic heterocycles. The molecule has 0 radical (unpaired) electrons. The Kier molecular flexibility index (Phi) is 7.88. The number of amides is 2. The van der Waals surface area contributed by atoms with Crippen LogP contribution in [0.1, 0.15) is 26.7 Å². The number of carboxylic acids is 1. The quantitative estimate of drug-likeness (QED) is 0.693. The first kappa shape index (κ1) is 18.1. The van der Waals surface area contributed by atoms with Crippen LogP contribution < -0.4 is 5.32 Å². The molecule has 1 atom stereocenters. The molecule has 1 saturated heterocycles. The Bertz CT molecular complexity index is 352. The minimum absolute atomic E-state index is 0.0243. The number of aliphatic carboxylic acids is 1. The second-order valence-electron chi connectivity index (χ2n) is 5.68. The van der Waals surface area contributed by atoms with E-state index in [2.05, 4.69) is 31.1 Å². The van der Waals surface area contributed by atoms with Crippen molar-refractivity contribution in [2.75, 3.05) is 38.2 Å². The molecule has 0 aromatic carbocycles. The highest BCUT2D eigenvalue weighted by molar-refractivity contribution is 7.99. The van der Waals surface area contributed by atoms with Gasteiger partial charge in [-0.15, -0.1) is 0 Å². The summed E-state index contributed by atoms with van der Waals surface area (Å²) in [7, 11) is 2.07. The Labute approximate surface area is 131 Å². The van der Waals surface area contributed by atoms with E-state index < -0.39 is 5.97 Å². The van der Waals surface area contributed by atoms with Gasteiger partial charge >= 0.3 is 12.0 Å². The van der Waals surface area contributed by atoms with Crippen LogP contribution in [0.25, 0.3) is 0 Å². The summed E-state index contributed by atoms with van der Waals surface area (Å²) in [6.45, 7) is 6.47. The van der Waals surface area contributed by atoms with Gasteiger partial charge in [0.25, 0.3) is 0 Å². The first-order valence-electron chi connectivity index (χ1n) is 7.46. The molecular formula is C14H27N3O3S. The third kappa shape index (κ3) is 6.56. The molecule has 0 bridgehead atoms. The predicted octanol–water partition coefficient (Wildman–Crippen LogP) is 1.32. The van der Waals surface area contributed by atoms with Crippen molar-refractivity contribution in [3.63, 3.8) is 0 Å². The van der Waals surface area contributed by atoms with Gasteiger partial charge in [-0.3, -0.25) is 4.79 Å². The molecule has 1 aliphatic heterocycles. The Hall–Kier alpha value is -0.950. The zero-order valence-corrected chi connectivity index (χ0v) is 14.0. The van der Waals surface area contributed by atoms with E-state index >= 15 is 0 Å². The summed E-state index contributed by atoms with van der Waals surface area (Å²) in [4.78, 5) is 26.9. The molecule has 0 spiro atoms. The van der Waals surface area contributed by atoms with E-state index in [-0.39, 0.29) is 18.5 Å². The Balaban J connectivity index is 2.33. The number of carbonyl (C=O) groups is 2. The molecule has 1 rings (SSSR count). The molecule has 2 N–H and O–H groups in total. The summed E-state index contributed by atoms with van der Waals surface area (Å²) in [5, 5.41) is 11.8. The number of carboxylic acid groups (broad SMARTS) is 1. The zero-order chi connectivity index (χ0) is 15.8. The number of hydrogen-bond donors (Lipinski definition) is 2. The van der Waals surface area contributed by atoms with E-state index in [1.54, 1.807) is 16.7 Å². The first-order valence-corrected chi connectivity index (χ1v) is 8.61. The molecule has 122 valence electrons. The number of nitrogens with zero attached hydrogens (tertiary/aromatic N) is 2.